The van der Waals surface area contributed by atoms with Gasteiger partial charge in [-0.25, -0.2) is 4.79 Å². The van der Waals surface area contributed by atoms with Gasteiger partial charge in [-0.3, -0.25) is 24.1 Å². The van der Waals surface area contributed by atoms with Crippen LogP contribution in [0.5, 0.6) is 0 Å². The van der Waals surface area contributed by atoms with E-state index in [1.165, 1.54) is 11.1 Å². The molecule has 3 unspecified atom stereocenters. The van der Waals surface area contributed by atoms with Gasteiger partial charge in [0.1, 0.15) is 12.1 Å². The second-order valence-electron chi connectivity index (χ2n) is 18.5. The number of fused-ring (bicyclic) bond motifs is 1. The van der Waals surface area contributed by atoms with E-state index >= 15 is 0 Å². The second-order valence-corrected chi connectivity index (χ2v) is 18.5. The highest BCUT2D eigenvalue weighted by Crippen LogP contribution is 2.85. The first-order valence-electron chi connectivity index (χ1n) is 19.3. The van der Waals surface area contributed by atoms with Gasteiger partial charge in [0.15, 0.2) is 0 Å². The smallest absolute Gasteiger partial charge is 0.319 e. The number of nitrogens with one attached hydrogen (secondary N) is 2. The fraction of sp³-hybridized carbons (Fsp3) is 0.595. The lowest BCUT2D eigenvalue weighted by atomic mass is 9.80. The van der Waals surface area contributed by atoms with Gasteiger partial charge in [0.05, 0.1) is 17.6 Å². The van der Waals surface area contributed by atoms with Gasteiger partial charge in [0.2, 0.25) is 17.6 Å². The summed E-state index contributed by atoms with van der Waals surface area (Å²) in [7, 11) is 0. The summed E-state index contributed by atoms with van der Waals surface area (Å²) in [6, 6.07) is 17.9. The molecule has 5 fully saturated rings. The van der Waals surface area contributed by atoms with Crippen molar-refractivity contribution in [3.05, 3.63) is 71.8 Å². The fourth-order valence-corrected chi connectivity index (χ4v) is 11.0. The molecule has 2 spiro atoms. The molecule has 5 amide bonds. The number of amides is 5. The molecule has 4 atom stereocenters. The number of carbonyl (C=O) groups is 5. The van der Waals surface area contributed by atoms with Gasteiger partial charge in [-0.05, 0) is 69.9 Å². The average molecular weight is 725 g/mol. The van der Waals surface area contributed by atoms with Gasteiger partial charge in [-0.2, -0.15) is 0 Å². The zero-order valence-corrected chi connectivity index (χ0v) is 32.3. The number of hydrogen-bond donors (Lipinski definition) is 3. The lowest BCUT2D eigenvalue weighted by Gasteiger charge is -2.48. The van der Waals surface area contributed by atoms with Crippen molar-refractivity contribution in [2.75, 3.05) is 19.6 Å². The average Bonchev–Trinajstić information content (AvgIpc) is 3.34. The summed E-state index contributed by atoms with van der Waals surface area (Å²) in [5.41, 5.74) is 5.66. The third-order valence-electron chi connectivity index (χ3n) is 14.1. The molecule has 11 heteroatoms. The lowest BCUT2D eigenvalue weighted by molar-refractivity contribution is -0.143. The van der Waals surface area contributed by atoms with Crippen LogP contribution in [0.1, 0.15) is 97.7 Å². The molecule has 4 N–H and O–H groups in total. The van der Waals surface area contributed by atoms with E-state index < -0.39 is 46.8 Å². The van der Waals surface area contributed by atoms with Crippen LogP contribution in [0.2, 0.25) is 0 Å². The normalized spacial score (nSPS) is 27.7. The van der Waals surface area contributed by atoms with Crippen molar-refractivity contribution in [1.29, 1.82) is 0 Å². The molecule has 5 aliphatic rings. The molecule has 0 aromatic heterocycles. The summed E-state index contributed by atoms with van der Waals surface area (Å²) < 4.78 is 0. The molecular formula is C42H56N6O5. The highest BCUT2D eigenvalue weighted by atomic mass is 16.2. The van der Waals surface area contributed by atoms with E-state index in [0.29, 0.717) is 19.4 Å². The van der Waals surface area contributed by atoms with E-state index in [2.05, 4.69) is 77.9 Å². The molecule has 2 aromatic carbocycles. The van der Waals surface area contributed by atoms with Gasteiger partial charge in [0.25, 0.3) is 5.91 Å². The van der Waals surface area contributed by atoms with Crippen LogP contribution in [0.3, 0.4) is 0 Å². The van der Waals surface area contributed by atoms with Crippen molar-refractivity contribution in [2.24, 2.45) is 27.9 Å². The molecular weight excluding hydrogens is 668 g/mol. The predicted molar refractivity (Wildman–Crippen MR) is 201 cm³/mol. The van der Waals surface area contributed by atoms with Crippen LogP contribution in [0.15, 0.2) is 60.7 Å². The van der Waals surface area contributed by atoms with Crippen LogP contribution in [0.4, 0.5) is 4.79 Å². The minimum Gasteiger partial charge on any atom is -0.363 e. The zero-order chi connectivity index (χ0) is 38.3. The fourth-order valence-electron chi connectivity index (χ4n) is 11.0. The third kappa shape index (κ3) is 5.67. The summed E-state index contributed by atoms with van der Waals surface area (Å²) in [4.78, 5) is 73.9. The van der Waals surface area contributed by atoms with Gasteiger partial charge in [0, 0.05) is 36.0 Å². The first-order valence-corrected chi connectivity index (χ1v) is 19.3. The zero-order valence-electron chi connectivity index (χ0n) is 32.3. The third-order valence-corrected chi connectivity index (χ3v) is 14.1. The number of likely N-dealkylation sites (tertiary alicyclic amines) is 2. The number of Topliss-reactive ketones (excluding diaryl/α,β-unsaturated/α-hetero) is 1. The van der Waals surface area contributed by atoms with Crippen molar-refractivity contribution in [2.45, 2.75) is 116 Å². The predicted octanol–water partition coefficient (Wildman–Crippen LogP) is 4.41. The molecule has 2 aromatic rings. The minimum atomic E-state index is -1.08. The number of carbonyl (C=O) groups excluding carboxylic acids is 5. The Labute approximate surface area is 313 Å². The Morgan fingerprint density at radius 1 is 0.887 bits per heavy atom. The number of ketones is 1. The number of benzene rings is 2. The molecule has 3 heterocycles. The number of nitrogens with zero attached hydrogens (tertiary/aromatic N) is 3. The Morgan fingerprint density at radius 3 is 1.92 bits per heavy atom. The molecule has 3 saturated heterocycles. The number of rotatable bonds is 10. The van der Waals surface area contributed by atoms with E-state index in [-0.39, 0.29) is 40.1 Å². The van der Waals surface area contributed by atoms with Gasteiger partial charge in [-0.15, -0.1) is 0 Å². The van der Waals surface area contributed by atoms with Gasteiger partial charge >= 0.3 is 6.03 Å². The Kier molecular flexibility index (Phi) is 8.87. The maximum absolute atomic E-state index is 14.9. The SMILES string of the molecule is CC(C)(C)N1C(=O)NC(C(=O)N2C[C@@]3(CC2C(=O)NC(CC2CCC2)C(=O)C(N)=O)C(C)(C)C32CN(C(c3ccccc3)c3ccccc3)C2)C1(C)C. The van der Waals surface area contributed by atoms with Crippen molar-refractivity contribution in [3.63, 3.8) is 0 Å². The highest BCUT2D eigenvalue weighted by molar-refractivity contribution is 6.37. The topological polar surface area (TPSA) is 145 Å². The standard InChI is InChI=1S/C42H56N6O5/c1-38(2,3)48-37(53)45-33(39(48,4)5)36(52)47-25-41(22-30(47)35(51)44-29(32(49)34(43)50)21-26-15-14-16-26)40(6,7)42(41)23-46(24-42)31(27-17-10-8-11-18-27)28-19-12-9-13-20-28/h8-13,17-20,26,29-31,33H,14-16,21-25H2,1-7H3,(H2,43,50)(H,44,51)(H,45,53)/t29?,30?,33?,41-/m0/s1. The number of primary amides is 1. The summed E-state index contributed by atoms with van der Waals surface area (Å²) in [6.45, 7) is 16.0. The maximum atomic E-state index is 14.9. The number of urea groups is 1. The minimum absolute atomic E-state index is 0.0552. The van der Waals surface area contributed by atoms with Crippen molar-refractivity contribution in [1.82, 2.24) is 25.3 Å². The first kappa shape index (κ1) is 37.1. The largest absolute Gasteiger partial charge is 0.363 e. The molecule has 284 valence electrons. The van der Waals surface area contributed by atoms with Crippen LogP contribution in [-0.4, -0.2) is 93.1 Å². The van der Waals surface area contributed by atoms with Crippen LogP contribution in [0, 0.1) is 22.2 Å². The molecule has 2 saturated carbocycles. The van der Waals surface area contributed by atoms with Crippen LogP contribution >= 0.6 is 0 Å². The van der Waals surface area contributed by atoms with Crippen LogP contribution in [-0.2, 0) is 19.2 Å². The van der Waals surface area contributed by atoms with Crippen LogP contribution in [0.25, 0.3) is 0 Å². The molecule has 7 rings (SSSR count). The van der Waals surface area contributed by atoms with E-state index in [1.54, 1.807) is 9.80 Å². The first-order chi connectivity index (χ1) is 24.9. The Bertz CT molecular complexity index is 1750. The monoisotopic (exact) mass is 724 g/mol. The summed E-state index contributed by atoms with van der Waals surface area (Å²) in [5.74, 6) is -2.44. The molecule has 53 heavy (non-hydrogen) atoms. The summed E-state index contributed by atoms with van der Waals surface area (Å²) in [6.07, 6.45) is 3.66. The second kappa shape index (κ2) is 12.7. The summed E-state index contributed by atoms with van der Waals surface area (Å²) >= 11 is 0. The van der Waals surface area contributed by atoms with Gasteiger partial charge < -0.3 is 26.2 Å². The van der Waals surface area contributed by atoms with Crippen molar-refractivity contribution >= 4 is 29.5 Å². The highest BCUT2D eigenvalue weighted by Gasteiger charge is 2.87. The van der Waals surface area contributed by atoms with E-state index in [9.17, 15) is 24.0 Å². The molecule has 11 nitrogen and oxygen atoms in total. The Hall–Kier alpha value is -4.25. The van der Waals surface area contributed by atoms with E-state index in [0.717, 1.165) is 32.4 Å². The summed E-state index contributed by atoms with van der Waals surface area (Å²) in [5, 5.41) is 5.88. The van der Waals surface area contributed by atoms with E-state index in [1.807, 2.05) is 46.8 Å². The molecule has 3 aliphatic heterocycles. The number of nitrogens with two attached hydrogens (primary N) is 1. The van der Waals surface area contributed by atoms with Gasteiger partial charge in [-0.1, -0.05) is 93.8 Å². The van der Waals surface area contributed by atoms with Crippen molar-refractivity contribution < 1.29 is 24.0 Å². The van der Waals surface area contributed by atoms with E-state index in [4.69, 9.17) is 5.73 Å². The maximum Gasteiger partial charge on any atom is 0.319 e. The van der Waals surface area contributed by atoms with Crippen LogP contribution < -0.4 is 16.4 Å². The molecule has 2 aliphatic carbocycles. The molecule has 0 radical (unpaired) electrons. The number of hydrogen-bond acceptors (Lipinski definition) is 6. The lowest BCUT2D eigenvalue weighted by Crippen LogP contribution is -2.61. The Balaban J connectivity index is 1.21. The Morgan fingerprint density at radius 2 is 1.45 bits per heavy atom. The quantitative estimate of drug-likeness (QED) is 0.310. The molecule has 0 bridgehead atoms. The van der Waals surface area contributed by atoms with Crippen molar-refractivity contribution in [3.8, 4) is 0 Å².